The summed E-state index contributed by atoms with van der Waals surface area (Å²) in [5.74, 6) is -0.0629. The molecule has 0 fully saturated rings. The first-order valence-corrected chi connectivity index (χ1v) is 8.53. The maximum absolute atomic E-state index is 12.3. The number of amides is 1. The van der Waals surface area contributed by atoms with Crippen molar-refractivity contribution in [3.63, 3.8) is 0 Å². The third-order valence-corrected chi connectivity index (χ3v) is 5.03. The van der Waals surface area contributed by atoms with Gasteiger partial charge < -0.3 is 4.74 Å². The standard InChI is InChI=1S/C20H17N3O4/c1-27-16-7-5-12(6-8-16)14-10-17(19-18(11-14)21-22-20(19)24)13-3-2-4-15(9-13)23(25)26/h2-9,11,17,19H,10H2,1H3,(H,22,24). The molecule has 1 N–H and O–H groups in total. The second kappa shape index (κ2) is 6.68. The molecule has 7 nitrogen and oxygen atoms in total. The molecule has 1 aliphatic carbocycles. The van der Waals surface area contributed by atoms with E-state index in [-0.39, 0.29) is 17.5 Å². The maximum Gasteiger partial charge on any atom is 0.269 e. The number of rotatable bonds is 4. The molecule has 1 aliphatic heterocycles. The molecule has 0 aromatic heterocycles. The van der Waals surface area contributed by atoms with Crippen LogP contribution in [0, 0.1) is 16.0 Å². The molecule has 2 atom stereocenters. The number of hydrogen-bond donors (Lipinski definition) is 1. The Balaban J connectivity index is 1.74. The van der Waals surface area contributed by atoms with Crippen LogP contribution in [0.4, 0.5) is 5.69 Å². The number of hydrazone groups is 1. The zero-order valence-corrected chi connectivity index (χ0v) is 14.6. The van der Waals surface area contributed by atoms with Crippen molar-refractivity contribution >= 4 is 22.9 Å². The predicted octanol–water partition coefficient (Wildman–Crippen LogP) is 3.28. The smallest absolute Gasteiger partial charge is 0.269 e. The van der Waals surface area contributed by atoms with E-state index in [2.05, 4.69) is 10.5 Å². The van der Waals surface area contributed by atoms with Crippen molar-refractivity contribution in [2.45, 2.75) is 12.3 Å². The fraction of sp³-hybridized carbons (Fsp3) is 0.200. The van der Waals surface area contributed by atoms with Crippen LogP contribution in [-0.2, 0) is 4.79 Å². The Morgan fingerprint density at radius 3 is 2.70 bits per heavy atom. The van der Waals surface area contributed by atoms with Crippen molar-refractivity contribution in [2.24, 2.45) is 11.0 Å². The highest BCUT2D eigenvalue weighted by atomic mass is 16.6. The van der Waals surface area contributed by atoms with Crippen molar-refractivity contribution in [3.8, 4) is 5.75 Å². The number of nitro groups is 1. The SMILES string of the molecule is COc1ccc(C2=CC3=NNC(=O)C3C(c3cccc([N+](=O)[O-])c3)C2)cc1. The van der Waals surface area contributed by atoms with Crippen LogP contribution in [-0.4, -0.2) is 23.7 Å². The van der Waals surface area contributed by atoms with Crippen molar-refractivity contribution in [1.29, 1.82) is 0 Å². The zero-order chi connectivity index (χ0) is 19.0. The van der Waals surface area contributed by atoms with Gasteiger partial charge in [0.15, 0.2) is 0 Å². The van der Waals surface area contributed by atoms with Gasteiger partial charge in [-0.3, -0.25) is 14.9 Å². The third-order valence-electron chi connectivity index (χ3n) is 5.03. The Bertz CT molecular complexity index is 979. The van der Waals surface area contributed by atoms with Crippen molar-refractivity contribution in [1.82, 2.24) is 5.43 Å². The Morgan fingerprint density at radius 2 is 2.00 bits per heavy atom. The topological polar surface area (TPSA) is 93.8 Å². The summed E-state index contributed by atoms with van der Waals surface area (Å²) in [4.78, 5) is 23.1. The van der Waals surface area contributed by atoms with Gasteiger partial charge in [0.2, 0.25) is 5.91 Å². The summed E-state index contributed by atoms with van der Waals surface area (Å²) < 4.78 is 5.20. The fourth-order valence-corrected chi connectivity index (χ4v) is 3.68. The second-order valence-electron chi connectivity index (χ2n) is 6.55. The van der Waals surface area contributed by atoms with Gasteiger partial charge in [0.25, 0.3) is 5.69 Å². The average Bonchev–Trinajstić information content (AvgIpc) is 3.08. The molecule has 1 heterocycles. The zero-order valence-electron chi connectivity index (χ0n) is 14.6. The molecule has 136 valence electrons. The number of ether oxygens (including phenoxy) is 1. The number of nitrogens with one attached hydrogen (secondary N) is 1. The number of hydrogen-bond acceptors (Lipinski definition) is 5. The van der Waals surface area contributed by atoms with E-state index in [4.69, 9.17) is 4.74 Å². The van der Waals surface area contributed by atoms with E-state index < -0.39 is 10.8 Å². The van der Waals surface area contributed by atoms with Gasteiger partial charge >= 0.3 is 0 Å². The first-order chi connectivity index (χ1) is 13.1. The van der Waals surface area contributed by atoms with E-state index in [0.29, 0.717) is 12.1 Å². The van der Waals surface area contributed by atoms with Gasteiger partial charge in [0.05, 0.1) is 23.7 Å². The van der Waals surface area contributed by atoms with Gasteiger partial charge in [-0.2, -0.15) is 5.10 Å². The highest BCUT2D eigenvalue weighted by Gasteiger charge is 2.40. The minimum Gasteiger partial charge on any atom is -0.497 e. The molecule has 0 radical (unpaired) electrons. The van der Waals surface area contributed by atoms with Crippen LogP contribution in [0.15, 0.2) is 59.7 Å². The van der Waals surface area contributed by atoms with Crippen molar-refractivity contribution in [2.75, 3.05) is 7.11 Å². The van der Waals surface area contributed by atoms with E-state index in [1.165, 1.54) is 6.07 Å². The minimum atomic E-state index is -0.436. The Labute approximate surface area is 155 Å². The molecule has 7 heteroatoms. The van der Waals surface area contributed by atoms with Crippen LogP contribution < -0.4 is 10.2 Å². The second-order valence-corrected chi connectivity index (χ2v) is 6.55. The summed E-state index contributed by atoms with van der Waals surface area (Å²) in [6.45, 7) is 0. The Morgan fingerprint density at radius 1 is 1.22 bits per heavy atom. The Kier molecular flexibility index (Phi) is 4.19. The third kappa shape index (κ3) is 3.08. The normalized spacial score (nSPS) is 21.0. The number of nitro benzene ring substituents is 1. The van der Waals surface area contributed by atoms with Crippen LogP contribution in [0.3, 0.4) is 0 Å². The molecule has 0 bridgehead atoms. The highest BCUT2D eigenvalue weighted by Crippen LogP contribution is 2.42. The van der Waals surface area contributed by atoms with Gasteiger partial charge in [-0.15, -0.1) is 0 Å². The number of nitrogens with zero attached hydrogens (tertiary/aromatic N) is 2. The van der Waals surface area contributed by atoms with E-state index in [9.17, 15) is 14.9 Å². The van der Waals surface area contributed by atoms with Crippen molar-refractivity contribution in [3.05, 3.63) is 75.8 Å². The number of non-ortho nitro benzene ring substituents is 1. The molecule has 0 saturated heterocycles. The monoisotopic (exact) mass is 363 g/mol. The largest absolute Gasteiger partial charge is 0.497 e. The highest BCUT2D eigenvalue weighted by molar-refractivity contribution is 6.17. The van der Waals surface area contributed by atoms with Crippen molar-refractivity contribution < 1.29 is 14.5 Å². The van der Waals surface area contributed by atoms with Crippen LogP contribution in [0.2, 0.25) is 0 Å². The van der Waals surface area contributed by atoms with Crippen LogP contribution in [0.5, 0.6) is 5.75 Å². The van der Waals surface area contributed by atoms with Gasteiger partial charge in [-0.25, -0.2) is 5.43 Å². The lowest BCUT2D eigenvalue weighted by Crippen LogP contribution is -2.31. The predicted molar refractivity (Wildman–Crippen MR) is 100 cm³/mol. The number of fused-ring (bicyclic) bond motifs is 1. The molecule has 0 spiro atoms. The quantitative estimate of drug-likeness (QED) is 0.666. The molecule has 1 amide bonds. The summed E-state index contributed by atoms with van der Waals surface area (Å²) in [5.41, 5.74) is 6.02. The van der Waals surface area contributed by atoms with Gasteiger partial charge in [0.1, 0.15) is 5.75 Å². The fourth-order valence-electron chi connectivity index (χ4n) is 3.68. The molecule has 27 heavy (non-hydrogen) atoms. The van der Waals surface area contributed by atoms with E-state index >= 15 is 0 Å². The summed E-state index contributed by atoms with van der Waals surface area (Å²) in [6, 6.07) is 14.2. The van der Waals surface area contributed by atoms with Crippen LogP contribution >= 0.6 is 0 Å². The summed E-state index contributed by atoms with van der Waals surface area (Å²) in [6.07, 6.45) is 2.52. The lowest BCUT2D eigenvalue weighted by atomic mass is 9.73. The molecule has 4 rings (SSSR count). The summed E-state index contributed by atoms with van der Waals surface area (Å²) in [5, 5.41) is 15.3. The summed E-state index contributed by atoms with van der Waals surface area (Å²) in [7, 11) is 1.61. The molecule has 2 aliphatic rings. The number of carbonyl (C=O) groups excluding carboxylic acids is 1. The maximum atomic E-state index is 12.3. The van der Waals surface area contributed by atoms with Gasteiger partial charge in [0, 0.05) is 18.1 Å². The number of allylic oxidation sites excluding steroid dienone is 2. The average molecular weight is 363 g/mol. The van der Waals surface area contributed by atoms with Gasteiger partial charge in [-0.1, -0.05) is 24.3 Å². The van der Waals surface area contributed by atoms with Crippen LogP contribution in [0.25, 0.3) is 5.57 Å². The lowest BCUT2D eigenvalue weighted by Gasteiger charge is -2.28. The van der Waals surface area contributed by atoms with E-state index in [1.807, 2.05) is 36.4 Å². The Hall–Kier alpha value is -3.48. The molecule has 2 aromatic rings. The number of benzene rings is 2. The molecule has 0 saturated carbocycles. The van der Waals surface area contributed by atoms with E-state index in [1.54, 1.807) is 19.2 Å². The van der Waals surface area contributed by atoms with E-state index in [0.717, 1.165) is 22.4 Å². The molecule has 2 aromatic carbocycles. The van der Waals surface area contributed by atoms with Crippen LogP contribution in [0.1, 0.15) is 23.5 Å². The van der Waals surface area contributed by atoms with Gasteiger partial charge in [-0.05, 0) is 41.3 Å². The first kappa shape index (κ1) is 17.0. The molecular formula is C20H17N3O4. The first-order valence-electron chi connectivity index (χ1n) is 8.53. The number of methoxy groups -OCH3 is 1. The summed E-state index contributed by atoms with van der Waals surface area (Å²) >= 11 is 0. The lowest BCUT2D eigenvalue weighted by molar-refractivity contribution is -0.384. The minimum absolute atomic E-state index is 0.0185. The molecular weight excluding hydrogens is 346 g/mol. The molecule has 2 unspecified atom stereocenters. The number of carbonyl (C=O) groups is 1.